The second kappa shape index (κ2) is 12.2. The summed E-state index contributed by atoms with van der Waals surface area (Å²) in [6.07, 6.45) is -0.778. The van der Waals surface area contributed by atoms with Gasteiger partial charge in [0.1, 0.15) is 6.10 Å². The highest BCUT2D eigenvalue weighted by Gasteiger charge is 2.46. The lowest BCUT2D eigenvalue weighted by atomic mass is 9.74. The summed E-state index contributed by atoms with van der Waals surface area (Å²) >= 11 is 11.9. The van der Waals surface area contributed by atoms with Gasteiger partial charge >= 0.3 is 13.1 Å². The topological polar surface area (TPSA) is 123 Å². The summed E-state index contributed by atoms with van der Waals surface area (Å²) < 4.78 is 10.9. The molecule has 1 heterocycles. The van der Waals surface area contributed by atoms with E-state index >= 15 is 0 Å². The normalized spacial score (nSPS) is 16.5. The van der Waals surface area contributed by atoms with Crippen LogP contribution in [-0.2, 0) is 23.7 Å². The highest BCUT2D eigenvalue weighted by Crippen LogP contribution is 2.21. The number of carbonyl (C=O) groups excluding carboxylic acids is 4. The van der Waals surface area contributed by atoms with Crippen LogP contribution in [0.15, 0.2) is 18.2 Å². The molecule has 2 rings (SSSR count). The van der Waals surface area contributed by atoms with Crippen LogP contribution >= 0.6 is 23.2 Å². The molecule has 0 aliphatic carbocycles. The van der Waals surface area contributed by atoms with Crippen LogP contribution in [0.1, 0.15) is 50.9 Å². The fourth-order valence-corrected chi connectivity index (χ4v) is 3.60. The van der Waals surface area contributed by atoms with Gasteiger partial charge < -0.3 is 25.3 Å². The fraction of sp³-hybridized carbons (Fsp3) is 0.524. The minimum atomic E-state index is -1.05. The summed E-state index contributed by atoms with van der Waals surface area (Å²) in [5.41, 5.74) is 0.145. The van der Waals surface area contributed by atoms with E-state index in [1.165, 1.54) is 12.1 Å². The average molecular weight is 500 g/mol. The Balaban J connectivity index is 1.96. The minimum absolute atomic E-state index is 0.0734. The van der Waals surface area contributed by atoms with Crippen molar-refractivity contribution in [3.05, 3.63) is 33.8 Å². The van der Waals surface area contributed by atoms with Gasteiger partial charge in [-0.2, -0.15) is 0 Å². The van der Waals surface area contributed by atoms with Crippen LogP contribution in [0.4, 0.5) is 0 Å². The zero-order valence-electron chi connectivity index (χ0n) is 18.9. The van der Waals surface area contributed by atoms with Crippen LogP contribution in [0.2, 0.25) is 10.0 Å². The van der Waals surface area contributed by atoms with E-state index in [1.807, 2.05) is 27.7 Å². The number of carbonyl (C=O) groups is 4. The smallest absolute Gasteiger partial charge is 0.506 e. The third kappa shape index (κ3) is 8.53. The van der Waals surface area contributed by atoms with Crippen LogP contribution in [0, 0.1) is 5.92 Å². The van der Waals surface area contributed by atoms with E-state index in [9.17, 15) is 19.2 Å². The third-order valence-corrected chi connectivity index (χ3v) is 5.16. The van der Waals surface area contributed by atoms with Gasteiger partial charge in [-0.25, -0.2) is 0 Å². The standard InChI is InChI=1S/C21H28BCl2N3O6/c1-11(2)7-17(22-32-16(21(31)33-22)9-18(28)26-12(3)4)27-19(29)10-25-20(30)14-8-13(23)5-6-15(14)24/h5-6,8,11-12,16-17H,7,9-10H2,1-4H3,(H,25,30)(H,26,28)(H,27,29)/t16-,17+/m1/s1. The highest BCUT2D eigenvalue weighted by atomic mass is 35.5. The first-order chi connectivity index (χ1) is 15.5. The second-order valence-electron chi connectivity index (χ2n) is 8.47. The molecule has 1 saturated heterocycles. The molecule has 0 saturated carbocycles. The average Bonchev–Trinajstić information content (AvgIpc) is 3.06. The van der Waals surface area contributed by atoms with Gasteiger partial charge in [0.05, 0.1) is 29.5 Å². The lowest BCUT2D eigenvalue weighted by Gasteiger charge is -2.21. The monoisotopic (exact) mass is 499 g/mol. The molecular weight excluding hydrogens is 472 g/mol. The molecule has 0 radical (unpaired) electrons. The molecule has 12 heteroatoms. The molecule has 9 nitrogen and oxygen atoms in total. The van der Waals surface area contributed by atoms with Crippen LogP contribution in [0.5, 0.6) is 0 Å². The summed E-state index contributed by atoms with van der Waals surface area (Å²) in [6.45, 7) is 7.15. The molecule has 1 aliphatic rings. The van der Waals surface area contributed by atoms with Crippen LogP contribution in [0.25, 0.3) is 0 Å². The Morgan fingerprint density at radius 1 is 1.09 bits per heavy atom. The first kappa shape index (κ1) is 27.0. The van der Waals surface area contributed by atoms with Crippen LogP contribution in [0.3, 0.4) is 0 Å². The number of benzene rings is 1. The SMILES string of the molecule is CC(C)C[C@H](NC(=O)CNC(=O)c1cc(Cl)ccc1Cl)B1OC(=O)[C@@H](CC(=O)NC(C)C)O1. The Labute approximate surface area is 203 Å². The van der Waals surface area contributed by atoms with Gasteiger partial charge in [0.25, 0.3) is 5.91 Å². The molecule has 0 unspecified atom stereocenters. The molecule has 0 spiro atoms. The molecule has 1 fully saturated rings. The molecule has 33 heavy (non-hydrogen) atoms. The Kier molecular flexibility index (Phi) is 10.0. The Bertz CT molecular complexity index is 899. The number of hydrogen-bond acceptors (Lipinski definition) is 6. The van der Waals surface area contributed by atoms with Gasteiger partial charge in [0.2, 0.25) is 11.8 Å². The molecule has 2 atom stereocenters. The number of halogens is 2. The Morgan fingerprint density at radius 2 is 1.79 bits per heavy atom. The third-order valence-electron chi connectivity index (χ3n) is 4.60. The van der Waals surface area contributed by atoms with Gasteiger partial charge in [-0.1, -0.05) is 37.0 Å². The lowest BCUT2D eigenvalue weighted by Crippen LogP contribution is -2.51. The molecule has 3 amide bonds. The first-order valence-electron chi connectivity index (χ1n) is 10.6. The molecule has 3 N–H and O–H groups in total. The van der Waals surface area contributed by atoms with Crippen molar-refractivity contribution in [2.75, 3.05) is 6.54 Å². The van der Waals surface area contributed by atoms with E-state index in [0.29, 0.717) is 11.4 Å². The summed E-state index contributed by atoms with van der Waals surface area (Å²) in [5, 5.41) is 8.45. The van der Waals surface area contributed by atoms with Gasteiger partial charge in [-0.05, 0) is 44.4 Å². The fourth-order valence-electron chi connectivity index (χ4n) is 3.22. The maximum atomic E-state index is 12.5. The van der Waals surface area contributed by atoms with Gasteiger partial charge in [-0.15, -0.1) is 0 Å². The van der Waals surface area contributed by atoms with Crippen molar-refractivity contribution < 1.29 is 28.5 Å². The predicted molar refractivity (Wildman–Crippen MR) is 125 cm³/mol. The van der Waals surface area contributed by atoms with Gasteiger partial charge in [0, 0.05) is 11.1 Å². The molecule has 0 bridgehead atoms. The zero-order chi connectivity index (χ0) is 24.7. The number of hydrogen-bond donors (Lipinski definition) is 3. The quantitative estimate of drug-likeness (QED) is 0.424. The van der Waals surface area contributed by atoms with Gasteiger partial charge in [0.15, 0.2) is 0 Å². The predicted octanol–water partition coefficient (Wildman–Crippen LogP) is 2.14. The van der Waals surface area contributed by atoms with E-state index < -0.39 is 36.9 Å². The van der Waals surface area contributed by atoms with Crippen molar-refractivity contribution in [3.63, 3.8) is 0 Å². The second-order valence-corrected chi connectivity index (χ2v) is 9.31. The molecule has 180 valence electrons. The largest absolute Gasteiger partial charge is 0.552 e. The van der Waals surface area contributed by atoms with Crippen molar-refractivity contribution in [3.8, 4) is 0 Å². The van der Waals surface area contributed by atoms with Crippen molar-refractivity contribution in [2.24, 2.45) is 5.92 Å². The molecule has 0 aromatic heterocycles. The van der Waals surface area contributed by atoms with Crippen LogP contribution in [-0.4, -0.2) is 55.4 Å². The minimum Gasteiger partial charge on any atom is -0.506 e. The number of nitrogens with one attached hydrogen (secondary N) is 3. The molecular formula is C21H28BCl2N3O6. The van der Waals surface area contributed by atoms with Crippen molar-refractivity contribution >= 4 is 54.0 Å². The highest BCUT2D eigenvalue weighted by molar-refractivity contribution is 6.51. The first-order valence-corrected chi connectivity index (χ1v) is 11.4. The van der Waals surface area contributed by atoms with Gasteiger partial charge in [-0.3, -0.25) is 19.2 Å². The van der Waals surface area contributed by atoms with E-state index in [1.54, 1.807) is 6.07 Å². The van der Waals surface area contributed by atoms with E-state index in [2.05, 4.69) is 16.0 Å². The molecule has 1 aromatic rings. The summed E-state index contributed by atoms with van der Waals surface area (Å²) in [4.78, 5) is 49.0. The van der Waals surface area contributed by atoms with E-state index in [0.717, 1.165) is 0 Å². The van der Waals surface area contributed by atoms with Crippen LogP contribution < -0.4 is 16.0 Å². The van der Waals surface area contributed by atoms with Crippen molar-refractivity contribution in [1.29, 1.82) is 0 Å². The summed E-state index contributed by atoms with van der Waals surface area (Å²) in [7, 11) is -1.04. The number of amides is 3. The van der Waals surface area contributed by atoms with Crippen molar-refractivity contribution in [1.82, 2.24) is 16.0 Å². The Morgan fingerprint density at radius 3 is 2.42 bits per heavy atom. The molecule has 1 aliphatic heterocycles. The van der Waals surface area contributed by atoms with E-state index in [4.69, 9.17) is 32.5 Å². The summed E-state index contributed by atoms with van der Waals surface area (Å²) in [5.74, 6) is -2.58. The maximum absolute atomic E-state index is 12.5. The maximum Gasteiger partial charge on any atom is 0.552 e. The van der Waals surface area contributed by atoms with E-state index in [-0.39, 0.29) is 41.4 Å². The number of rotatable bonds is 10. The Hall–Kier alpha value is -2.30. The zero-order valence-corrected chi connectivity index (χ0v) is 20.5. The molecule has 1 aromatic carbocycles. The summed E-state index contributed by atoms with van der Waals surface area (Å²) in [6, 6.07) is 4.36. The van der Waals surface area contributed by atoms with Crippen molar-refractivity contribution in [2.45, 2.75) is 58.6 Å². The lowest BCUT2D eigenvalue weighted by molar-refractivity contribution is -0.139.